The zero-order valence-corrected chi connectivity index (χ0v) is 17.1. The standard InChI is InChI=1S/C21H27N3O3S/c1-21(2,19(25)26)12-18-22-13-17(28-18)14-8-10-16(11-9-14)24-20(27)23-15-6-4-3-5-7-15/h8-11,13,15H,3-7,12H2,1-2H3,(H,25,26)(H2,23,24,27). The Balaban J connectivity index is 1.58. The van der Waals surface area contributed by atoms with Gasteiger partial charge in [-0.3, -0.25) is 4.79 Å². The SMILES string of the molecule is CC(C)(Cc1ncc(-c2ccc(NC(=O)NC3CCCCC3)cc2)s1)C(=O)O. The Labute approximate surface area is 169 Å². The van der Waals surface area contributed by atoms with Crippen LogP contribution in [0.25, 0.3) is 10.4 Å². The smallest absolute Gasteiger partial charge is 0.319 e. The fraction of sp³-hybridized carbons (Fsp3) is 0.476. The highest BCUT2D eigenvalue weighted by molar-refractivity contribution is 7.15. The van der Waals surface area contributed by atoms with E-state index >= 15 is 0 Å². The van der Waals surface area contributed by atoms with Crippen LogP contribution in [-0.2, 0) is 11.2 Å². The molecule has 1 aromatic carbocycles. The number of urea groups is 1. The Morgan fingerprint density at radius 2 is 1.86 bits per heavy atom. The van der Waals surface area contributed by atoms with Crippen molar-refractivity contribution in [2.24, 2.45) is 5.41 Å². The van der Waals surface area contributed by atoms with Crippen LogP contribution in [0.4, 0.5) is 10.5 Å². The fourth-order valence-corrected chi connectivity index (χ4v) is 4.45. The number of nitrogens with one attached hydrogen (secondary N) is 2. The summed E-state index contributed by atoms with van der Waals surface area (Å²) in [7, 11) is 0. The number of carboxylic acids is 1. The summed E-state index contributed by atoms with van der Waals surface area (Å²) >= 11 is 1.50. The summed E-state index contributed by atoms with van der Waals surface area (Å²) < 4.78 is 0. The van der Waals surface area contributed by atoms with Gasteiger partial charge < -0.3 is 15.7 Å². The number of anilines is 1. The van der Waals surface area contributed by atoms with Gasteiger partial charge in [0.25, 0.3) is 0 Å². The van der Waals surface area contributed by atoms with Gasteiger partial charge in [-0.15, -0.1) is 11.3 Å². The second-order valence-corrected chi connectivity index (χ2v) is 9.11. The van der Waals surface area contributed by atoms with Crippen molar-refractivity contribution >= 4 is 29.0 Å². The number of hydrogen-bond acceptors (Lipinski definition) is 4. The molecular weight excluding hydrogens is 374 g/mol. The number of benzene rings is 1. The molecule has 0 radical (unpaired) electrons. The van der Waals surface area contributed by atoms with Crippen molar-refractivity contribution in [1.82, 2.24) is 10.3 Å². The highest BCUT2D eigenvalue weighted by Crippen LogP contribution is 2.31. The highest BCUT2D eigenvalue weighted by Gasteiger charge is 2.28. The van der Waals surface area contributed by atoms with Gasteiger partial charge >= 0.3 is 12.0 Å². The van der Waals surface area contributed by atoms with Crippen molar-refractivity contribution in [3.8, 4) is 10.4 Å². The zero-order valence-electron chi connectivity index (χ0n) is 16.3. The minimum atomic E-state index is -0.839. The lowest BCUT2D eigenvalue weighted by Crippen LogP contribution is -2.38. The molecule has 2 aromatic rings. The van der Waals surface area contributed by atoms with Gasteiger partial charge in [-0.05, 0) is 44.4 Å². The third-order valence-corrected chi connectivity index (χ3v) is 6.14. The van der Waals surface area contributed by atoms with Gasteiger partial charge in [0, 0.05) is 24.3 Å². The van der Waals surface area contributed by atoms with Crippen LogP contribution in [0, 0.1) is 5.41 Å². The Morgan fingerprint density at radius 3 is 2.50 bits per heavy atom. The lowest BCUT2D eigenvalue weighted by atomic mass is 9.90. The quantitative estimate of drug-likeness (QED) is 0.641. The van der Waals surface area contributed by atoms with Crippen LogP contribution >= 0.6 is 11.3 Å². The van der Waals surface area contributed by atoms with E-state index < -0.39 is 11.4 Å². The van der Waals surface area contributed by atoms with Crippen LogP contribution in [0.5, 0.6) is 0 Å². The number of rotatable bonds is 6. The predicted molar refractivity (Wildman–Crippen MR) is 112 cm³/mol. The number of thiazole rings is 1. The van der Waals surface area contributed by atoms with Crippen molar-refractivity contribution in [1.29, 1.82) is 0 Å². The first-order valence-electron chi connectivity index (χ1n) is 9.69. The summed E-state index contributed by atoms with van der Waals surface area (Å²) in [5, 5.41) is 16.0. The van der Waals surface area contributed by atoms with E-state index in [1.54, 1.807) is 20.0 Å². The molecule has 0 atom stereocenters. The number of hydrogen-bond donors (Lipinski definition) is 3. The Morgan fingerprint density at radius 1 is 1.18 bits per heavy atom. The number of carbonyl (C=O) groups excluding carboxylic acids is 1. The van der Waals surface area contributed by atoms with E-state index in [1.807, 2.05) is 24.3 Å². The van der Waals surface area contributed by atoms with E-state index in [4.69, 9.17) is 0 Å². The summed E-state index contributed by atoms with van der Waals surface area (Å²) in [4.78, 5) is 28.8. The molecule has 0 bridgehead atoms. The van der Waals surface area contributed by atoms with Gasteiger partial charge in [0.2, 0.25) is 0 Å². The van der Waals surface area contributed by atoms with Gasteiger partial charge in [-0.1, -0.05) is 31.4 Å². The van der Waals surface area contributed by atoms with E-state index in [2.05, 4.69) is 15.6 Å². The maximum absolute atomic E-state index is 12.1. The Hall–Kier alpha value is -2.41. The molecule has 0 spiro atoms. The monoisotopic (exact) mass is 401 g/mol. The van der Waals surface area contributed by atoms with Crippen molar-refractivity contribution < 1.29 is 14.7 Å². The summed E-state index contributed by atoms with van der Waals surface area (Å²) in [6.45, 7) is 3.41. The Kier molecular flexibility index (Phi) is 6.34. The molecule has 1 heterocycles. The molecule has 28 heavy (non-hydrogen) atoms. The minimum Gasteiger partial charge on any atom is -0.481 e. The number of carboxylic acid groups (broad SMARTS) is 1. The minimum absolute atomic E-state index is 0.157. The average molecular weight is 402 g/mol. The second kappa shape index (κ2) is 8.73. The van der Waals surface area contributed by atoms with Crippen molar-refractivity contribution in [3.05, 3.63) is 35.5 Å². The normalized spacial score (nSPS) is 15.2. The van der Waals surface area contributed by atoms with E-state index in [9.17, 15) is 14.7 Å². The van der Waals surface area contributed by atoms with Crippen LogP contribution in [0.15, 0.2) is 30.5 Å². The van der Waals surface area contributed by atoms with Gasteiger partial charge in [-0.25, -0.2) is 9.78 Å². The molecule has 1 fully saturated rings. The van der Waals surface area contributed by atoms with E-state index in [0.717, 1.165) is 34.0 Å². The Bertz CT molecular complexity index is 824. The number of aliphatic carboxylic acids is 1. The van der Waals surface area contributed by atoms with Gasteiger partial charge in [-0.2, -0.15) is 0 Å². The molecule has 150 valence electrons. The van der Waals surface area contributed by atoms with Crippen LogP contribution in [0.2, 0.25) is 0 Å². The zero-order chi connectivity index (χ0) is 20.1. The van der Waals surface area contributed by atoms with Gasteiger partial charge in [0.05, 0.1) is 15.3 Å². The highest BCUT2D eigenvalue weighted by atomic mass is 32.1. The van der Waals surface area contributed by atoms with Crippen LogP contribution in [0.3, 0.4) is 0 Å². The lowest BCUT2D eigenvalue weighted by Gasteiger charge is -2.22. The van der Waals surface area contributed by atoms with Crippen molar-refractivity contribution in [2.45, 2.75) is 58.4 Å². The molecule has 0 saturated heterocycles. The topological polar surface area (TPSA) is 91.3 Å². The molecule has 0 aliphatic heterocycles. The second-order valence-electron chi connectivity index (χ2n) is 7.99. The number of nitrogens with zero attached hydrogens (tertiary/aromatic N) is 1. The van der Waals surface area contributed by atoms with Crippen LogP contribution < -0.4 is 10.6 Å². The van der Waals surface area contributed by atoms with Crippen LogP contribution in [-0.4, -0.2) is 28.1 Å². The number of amides is 2. The predicted octanol–water partition coefficient (Wildman–Crippen LogP) is 4.92. The third kappa shape index (κ3) is 5.32. The number of aromatic nitrogens is 1. The molecule has 6 nitrogen and oxygen atoms in total. The fourth-order valence-electron chi connectivity index (χ4n) is 3.30. The van der Waals surface area contributed by atoms with Crippen molar-refractivity contribution in [3.63, 3.8) is 0 Å². The van der Waals surface area contributed by atoms with Crippen LogP contribution in [0.1, 0.15) is 51.0 Å². The van der Waals surface area contributed by atoms with E-state index in [1.165, 1.54) is 30.6 Å². The molecule has 3 rings (SSSR count). The van der Waals surface area contributed by atoms with E-state index in [0.29, 0.717) is 6.42 Å². The first-order valence-corrected chi connectivity index (χ1v) is 10.5. The summed E-state index contributed by atoms with van der Waals surface area (Å²) in [5.74, 6) is -0.828. The maximum atomic E-state index is 12.1. The van der Waals surface area contributed by atoms with Gasteiger partial charge in [0.1, 0.15) is 0 Å². The molecule has 1 aliphatic carbocycles. The molecule has 1 aliphatic rings. The molecule has 1 saturated carbocycles. The molecule has 2 amide bonds. The maximum Gasteiger partial charge on any atom is 0.319 e. The van der Waals surface area contributed by atoms with Crippen molar-refractivity contribution in [2.75, 3.05) is 5.32 Å². The molecule has 7 heteroatoms. The number of carbonyl (C=O) groups is 2. The first kappa shape index (κ1) is 20.3. The summed E-state index contributed by atoms with van der Waals surface area (Å²) in [6.07, 6.45) is 7.90. The van der Waals surface area contributed by atoms with E-state index in [-0.39, 0.29) is 12.1 Å². The summed E-state index contributed by atoms with van der Waals surface area (Å²) in [6, 6.07) is 7.74. The molecule has 3 N–H and O–H groups in total. The van der Waals surface area contributed by atoms with Gasteiger partial charge in [0.15, 0.2) is 0 Å². The molecular formula is C21H27N3O3S. The lowest BCUT2D eigenvalue weighted by molar-refractivity contribution is -0.146. The largest absolute Gasteiger partial charge is 0.481 e. The molecule has 0 unspecified atom stereocenters. The average Bonchev–Trinajstić information content (AvgIpc) is 3.10. The first-order chi connectivity index (χ1) is 13.3. The molecule has 1 aromatic heterocycles. The summed E-state index contributed by atoms with van der Waals surface area (Å²) in [5.41, 5.74) is 0.901. The third-order valence-electron chi connectivity index (χ3n) is 5.09.